The van der Waals surface area contributed by atoms with Gasteiger partial charge in [-0.3, -0.25) is 14.4 Å². The molecule has 22 heavy (non-hydrogen) atoms. The van der Waals surface area contributed by atoms with E-state index >= 15 is 0 Å². The van der Waals surface area contributed by atoms with E-state index in [1.54, 1.807) is 12.1 Å². The molecule has 7 heteroatoms. The van der Waals surface area contributed by atoms with E-state index in [9.17, 15) is 14.4 Å². The topological polar surface area (TPSA) is 90.3 Å². The molecule has 1 heterocycles. The third-order valence-corrected chi connectivity index (χ3v) is 2.92. The van der Waals surface area contributed by atoms with Crippen molar-refractivity contribution >= 4 is 17.6 Å². The molecule has 2 aromatic rings. The van der Waals surface area contributed by atoms with Gasteiger partial charge in [-0.2, -0.15) is 5.10 Å². The zero-order valence-electron chi connectivity index (χ0n) is 12.2. The van der Waals surface area contributed by atoms with Crippen LogP contribution in [0.4, 0.5) is 5.69 Å². The molecule has 0 aliphatic rings. The van der Waals surface area contributed by atoms with Gasteiger partial charge in [0.05, 0.1) is 7.11 Å². The zero-order chi connectivity index (χ0) is 16.1. The van der Waals surface area contributed by atoms with Crippen LogP contribution in [0.5, 0.6) is 0 Å². The number of carbonyl (C=O) groups is 2. The maximum Gasteiger partial charge on any atom is 0.327 e. The summed E-state index contributed by atoms with van der Waals surface area (Å²) in [5.74, 6) is -1.09. The molecule has 2 rings (SSSR count). The van der Waals surface area contributed by atoms with E-state index < -0.39 is 17.4 Å². The average Bonchev–Trinajstić information content (AvgIpc) is 2.51. The van der Waals surface area contributed by atoms with Crippen LogP contribution in [0.1, 0.15) is 16.1 Å². The second-order valence-electron chi connectivity index (χ2n) is 4.61. The lowest BCUT2D eigenvalue weighted by Crippen LogP contribution is -2.29. The highest BCUT2D eigenvalue weighted by Crippen LogP contribution is 2.09. The fourth-order valence-corrected chi connectivity index (χ4v) is 1.70. The van der Waals surface area contributed by atoms with E-state index in [0.29, 0.717) is 5.69 Å². The molecule has 0 saturated heterocycles. The Morgan fingerprint density at radius 1 is 1.18 bits per heavy atom. The molecule has 0 aliphatic carbocycles. The van der Waals surface area contributed by atoms with Gasteiger partial charge in [0.15, 0.2) is 0 Å². The fourth-order valence-electron chi connectivity index (χ4n) is 1.70. The molecule has 1 aromatic heterocycles. The van der Waals surface area contributed by atoms with Gasteiger partial charge in [0, 0.05) is 11.8 Å². The lowest BCUT2D eigenvalue weighted by molar-refractivity contribution is -0.141. The second-order valence-corrected chi connectivity index (χ2v) is 4.61. The highest BCUT2D eigenvalue weighted by Gasteiger charge is 2.12. The first-order valence-corrected chi connectivity index (χ1v) is 6.52. The SMILES string of the molecule is COC(=O)Cn1nc(C(=O)Nc2ccc(C)cc2)ccc1=O. The van der Waals surface area contributed by atoms with Crippen LogP contribution < -0.4 is 10.9 Å². The zero-order valence-corrected chi connectivity index (χ0v) is 12.2. The standard InChI is InChI=1S/C15H15N3O4/c1-10-3-5-11(6-4-10)16-15(21)12-7-8-13(19)18(17-12)9-14(20)22-2/h3-8H,9H2,1-2H3,(H,16,21). The fraction of sp³-hybridized carbons (Fsp3) is 0.200. The number of carbonyl (C=O) groups excluding carboxylic acids is 2. The number of nitrogens with zero attached hydrogens (tertiary/aromatic N) is 2. The van der Waals surface area contributed by atoms with Crippen molar-refractivity contribution in [1.29, 1.82) is 0 Å². The molecule has 0 unspecified atom stereocenters. The number of amides is 1. The van der Waals surface area contributed by atoms with Gasteiger partial charge in [0.2, 0.25) is 0 Å². The van der Waals surface area contributed by atoms with E-state index in [4.69, 9.17) is 0 Å². The van der Waals surface area contributed by atoms with E-state index in [1.807, 2.05) is 19.1 Å². The van der Waals surface area contributed by atoms with Gasteiger partial charge in [-0.15, -0.1) is 0 Å². The molecule has 0 atom stereocenters. The summed E-state index contributed by atoms with van der Waals surface area (Å²) >= 11 is 0. The minimum absolute atomic E-state index is 0.0316. The first kappa shape index (κ1) is 15.4. The average molecular weight is 301 g/mol. The van der Waals surface area contributed by atoms with Gasteiger partial charge in [-0.25, -0.2) is 4.68 Å². The van der Waals surface area contributed by atoms with Crippen LogP contribution in [-0.2, 0) is 16.1 Å². The maximum atomic E-state index is 12.1. The van der Waals surface area contributed by atoms with E-state index in [1.165, 1.54) is 19.2 Å². The molecule has 0 aliphatic heterocycles. The van der Waals surface area contributed by atoms with Crippen LogP contribution in [-0.4, -0.2) is 28.8 Å². The highest BCUT2D eigenvalue weighted by atomic mass is 16.5. The van der Waals surface area contributed by atoms with Gasteiger partial charge in [-0.05, 0) is 25.1 Å². The van der Waals surface area contributed by atoms with E-state index in [-0.39, 0.29) is 12.2 Å². The van der Waals surface area contributed by atoms with Crippen molar-refractivity contribution in [2.75, 3.05) is 12.4 Å². The molecule has 0 fully saturated rings. The Morgan fingerprint density at radius 3 is 2.50 bits per heavy atom. The van der Waals surface area contributed by atoms with E-state index in [2.05, 4.69) is 15.2 Å². The molecule has 1 N–H and O–H groups in total. The van der Waals surface area contributed by atoms with Crippen molar-refractivity contribution in [1.82, 2.24) is 9.78 Å². The number of hydrogen-bond acceptors (Lipinski definition) is 5. The quantitative estimate of drug-likeness (QED) is 0.850. The summed E-state index contributed by atoms with van der Waals surface area (Å²) in [6.45, 7) is 1.59. The van der Waals surface area contributed by atoms with Crippen molar-refractivity contribution in [2.24, 2.45) is 0 Å². The molecule has 0 spiro atoms. The summed E-state index contributed by atoms with van der Waals surface area (Å²) in [5, 5.41) is 6.53. The van der Waals surface area contributed by atoms with Crippen LogP contribution in [0.3, 0.4) is 0 Å². The first-order chi connectivity index (χ1) is 10.5. The summed E-state index contributed by atoms with van der Waals surface area (Å²) in [6.07, 6.45) is 0. The minimum Gasteiger partial charge on any atom is -0.468 e. The van der Waals surface area contributed by atoms with Crippen LogP contribution in [0.15, 0.2) is 41.2 Å². The Bertz CT molecular complexity index is 750. The number of ether oxygens (including phenoxy) is 1. The number of esters is 1. The summed E-state index contributed by atoms with van der Waals surface area (Å²) < 4.78 is 5.36. The third kappa shape index (κ3) is 3.78. The molecule has 114 valence electrons. The molecule has 0 radical (unpaired) electrons. The van der Waals surface area contributed by atoms with Gasteiger partial charge >= 0.3 is 5.97 Å². The predicted molar refractivity (Wildman–Crippen MR) is 79.6 cm³/mol. The second kappa shape index (κ2) is 6.66. The number of aromatic nitrogens is 2. The summed E-state index contributed by atoms with van der Waals surface area (Å²) in [5.41, 5.74) is 1.23. The monoisotopic (exact) mass is 301 g/mol. The number of aryl methyl sites for hydroxylation is 1. The van der Waals surface area contributed by atoms with Crippen LogP contribution in [0, 0.1) is 6.92 Å². The molecule has 0 bridgehead atoms. The van der Waals surface area contributed by atoms with Gasteiger partial charge in [-0.1, -0.05) is 17.7 Å². The van der Waals surface area contributed by atoms with Crippen molar-refractivity contribution in [3.63, 3.8) is 0 Å². The first-order valence-electron chi connectivity index (χ1n) is 6.52. The smallest absolute Gasteiger partial charge is 0.327 e. The number of benzene rings is 1. The Morgan fingerprint density at radius 2 is 1.86 bits per heavy atom. The van der Waals surface area contributed by atoms with Crippen molar-refractivity contribution < 1.29 is 14.3 Å². The summed E-state index contributed by atoms with van der Waals surface area (Å²) in [7, 11) is 1.21. The minimum atomic E-state index is -0.620. The van der Waals surface area contributed by atoms with Crippen molar-refractivity contribution in [3.8, 4) is 0 Å². The van der Waals surface area contributed by atoms with Crippen molar-refractivity contribution in [3.05, 3.63) is 58.0 Å². The van der Waals surface area contributed by atoms with Gasteiger partial charge in [0.25, 0.3) is 11.5 Å². The molecule has 1 aromatic carbocycles. The molecule has 1 amide bonds. The Balaban J connectivity index is 2.19. The summed E-state index contributed by atoms with van der Waals surface area (Å²) in [6, 6.07) is 9.73. The van der Waals surface area contributed by atoms with Crippen LogP contribution in [0.25, 0.3) is 0 Å². The molecule has 0 saturated carbocycles. The molecule has 7 nitrogen and oxygen atoms in total. The maximum absolute atomic E-state index is 12.1. The largest absolute Gasteiger partial charge is 0.468 e. The van der Waals surface area contributed by atoms with E-state index in [0.717, 1.165) is 10.2 Å². The molecular formula is C15H15N3O4. The molecular weight excluding hydrogens is 286 g/mol. The summed E-state index contributed by atoms with van der Waals surface area (Å²) in [4.78, 5) is 34.9. The number of hydrogen-bond donors (Lipinski definition) is 1. The highest BCUT2D eigenvalue weighted by molar-refractivity contribution is 6.02. The Labute approximate surface area is 126 Å². The number of nitrogens with one attached hydrogen (secondary N) is 1. The van der Waals surface area contributed by atoms with Crippen molar-refractivity contribution in [2.45, 2.75) is 13.5 Å². The Kier molecular flexibility index (Phi) is 4.67. The van der Waals surface area contributed by atoms with Crippen LogP contribution in [0.2, 0.25) is 0 Å². The lowest BCUT2D eigenvalue weighted by atomic mass is 10.2. The number of rotatable bonds is 4. The van der Waals surface area contributed by atoms with Crippen LogP contribution >= 0.6 is 0 Å². The lowest BCUT2D eigenvalue weighted by Gasteiger charge is -2.07. The van der Waals surface area contributed by atoms with Gasteiger partial charge < -0.3 is 10.1 Å². The third-order valence-electron chi connectivity index (χ3n) is 2.92. The Hall–Kier alpha value is -2.96. The van der Waals surface area contributed by atoms with Gasteiger partial charge in [0.1, 0.15) is 12.2 Å². The number of anilines is 1. The number of methoxy groups -OCH3 is 1. The normalized spacial score (nSPS) is 10.1. The predicted octanol–water partition coefficient (Wildman–Crippen LogP) is 0.977.